The van der Waals surface area contributed by atoms with Gasteiger partial charge in [-0.15, -0.1) is 0 Å². The van der Waals surface area contributed by atoms with Crippen molar-refractivity contribution in [1.29, 1.82) is 0 Å². The predicted octanol–water partition coefficient (Wildman–Crippen LogP) is 10.9. The highest BCUT2D eigenvalue weighted by Crippen LogP contribution is 2.38. The number of methoxy groups -OCH3 is 2. The number of hydrogen-bond donors (Lipinski definition) is 0. The molecule has 0 bridgehead atoms. The van der Waals surface area contributed by atoms with Gasteiger partial charge in [0.05, 0.1) is 49.6 Å². The molecule has 0 N–H and O–H groups in total. The van der Waals surface area contributed by atoms with Crippen LogP contribution in [0.15, 0.2) is 134 Å². The molecule has 8 heterocycles. The van der Waals surface area contributed by atoms with Crippen LogP contribution in [0.5, 0.6) is 11.8 Å². The summed E-state index contributed by atoms with van der Waals surface area (Å²) >= 11 is 0. The van der Waals surface area contributed by atoms with Crippen molar-refractivity contribution in [2.24, 2.45) is 0 Å². The lowest BCUT2D eigenvalue weighted by molar-refractivity contribution is 0.395. The Labute approximate surface area is 405 Å². The molecule has 348 valence electrons. The third-order valence-electron chi connectivity index (χ3n) is 13.1. The molecule has 0 aliphatic carbocycles. The van der Waals surface area contributed by atoms with Gasteiger partial charge in [-0.05, 0) is 121 Å². The average Bonchev–Trinajstić information content (AvgIpc) is 4.24. The Balaban J connectivity index is 0.000000152. The maximum Gasteiger partial charge on any atom is 0.238 e. The Hall–Kier alpha value is -8.52. The molecule has 2 atom stereocenters. The Morgan fingerprint density at radius 3 is 1.37 bits per heavy atom. The van der Waals surface area contributed by atoms with Gasteiger partial charge in [-0.1, -0.05) is 84.9 Å². The van der Waals surface area contributed by atoms with Crippen LogP contribution in [0.4, 0.5) is 0 Å². The zero-order valence-corrected chi connectivity index (χ0v) is 39.6. The van der Waals surface area contributed by atoms with E-state index in [2.05, 4.69) is 114 Å². The third kappa shape index (κ3) is 8.86. The maximum atomic E-state index is 5.54. The molecule has 0 radical (unpaired) electrons. The van der Waals surface area contributed by atoms with E-state index < -0.39 is 0 Å². The molecule has 12 rings (SSSR count). The molecule has 6 aromatic heterocycles. The van der Waals surface area contributed by atoms with Gasteiger partial charge < -0.3 is 18.6 Å². The summed E-state index contributed by atoms with van der Waals surface area (Å²) in [6, 6.07) is 38.1. The number of fused-ring (bicyclic) bond motifs is 4. The van der Waals surface area contributed by atoms with Crippen molar-refractivity contribution in [2.45, 2.75) is 64.5 Å². The number of benzene rings is 4. The van der Waals surface area contributed by atoms with E-state index in [1.54, 1.807) is 26.9 Å². The summed E-state index contributed by atoms with van der Waals surface area (Å²) in [6.45, 7) is 5.69. The van der Waals surface area contributed by atoms with Gasteiger partial charge >= 0.3 is 0 Å². The van der Waals surface area contributed by atoms with Crippen LogP contribution < -0.4 is 9.47 Å². The first kappa shape index (κ1) is 44.0. The summed E-state index contributed by atoms with van der Waals surface area (Å²) in [6.07, 6.45) is 19.4. The molecule has 4 aromatic carbocycles. The molecule has 14 nitrogen and oxygen atoms in total. The molecule has 0 unspecified atom stereocenters. The molecule has 10 aromatic rings. The fourth-order valence-electron chi connectivity index (χ4n) is 9.78. The summed E-state index contributed by atoms with van der Waals surface area (Å²) in [5.74, 6) is 5.01. The Morgan fingerprint density at radius 2 is 0.943 bits per heavy atom. The van der Waals surface area contributed by atoms with Gasteiger partial charge in [-0.25, -0.2) is 39.3 Å². The van der Waals surface area contributed by atoms with Crippen LogP contribution >= 0.6 is 0 Å². The molecular formula is C56H52N12O2. The summed E-state index contributed by atoms with van der Waals surface area (Å²) < 4.78 is 19.0. The number of aromatic nitrogens is 12. The first-order valence-electron chi connectivity index (χ1n) is 23.7. The molecule has 0 fully saturated rings. The van der Waals surface area contributed by atoms with Crippen molar-refractivity contribution < 1.29 is 9.47 Å². The number of hydrogen-bond acceptors (Lipinski definition) is 10. The lowest BCUT2D eigenvalue weighted by atomic mass is 9.88. The molecule has 0 saturated carbocycles. The number of rotatable bonds is 10. The lowest BCUT2D eigenvalue weighted by Crippen LogP contribution is -2.18. The minimum atomic E-state index is 0.237. The van der Waals surface area contributed by atoms with Crippen molar-refractivity contribution in [1.82, 2.24) is 58.6 Å². The zero-order chi connectivity index (χ0) is 47.6. The van der Waals surface area contributed by atoms with Crippen molar-refractivity contribution >= 4 is 45.8 Å². The number of ether oxygens (including phenoxy) is 2. The van der Waals surface area contributed by atoms with E-state index in [-0.39, 0.29) is 11.8 Å². The fourth-order valence-corrected chi connectivity index (χ4v) is 9.78. The van der Waals surface area contributed by atoms with Crippen LogP contribution in [0, 0.1) is 13.8 Å². The van der Waals surface area contributed by atoms with Gasteiger partial charge in [0.2, 0.25) is 11.8 Å². The van der Waals surface area contributed by atoms with Gasteiger partial charge in [-0.2, -0.15) is 10.2 Å². The first-order chi connectivity index (χ1) is 34.4. The summed E-state index contributed by atoms with van der Waals surface area (Å²) in [5, 5.41) is 14.7. The van der Waals surface area contributed by atoms with Crippen LogP contribution in [0.1, 0.15) is 94.7 Å². The number of pyridine rings is 2. The Kier molecular flexibility index (Phi) is 12.1. The van der Waals surface area contributed by atoms with Crippen LogP contribution in [0.2, 0.25) is 0 Å². The standard InChI is InChI=1S/2C28H26N6O/c2*1-19-17-33(18-29-19)25-14-12-21(30-28(25)35-2)13-15-26-31-27-24(11-6-16-34(27)32-26)23-10-5-8-20-7-3-4-9-22(20)23/h2*3-5,7-10,12-15,17-18,24H,6,11,16H2,1-2H3/b2*15-13+/t2*24-/m10/s1. The van der Waals surface area contributed by atoms with Crippen LogP contribution in [-0.2, 0) is 13.1 Å². The third-order valence-corrected chi connectivity index (χ3v) is 13.1. The van der Waals surface area contributed by atoms with Crippen LogP contribution in [0.25, 0.3) is 57.2 Å². The SMILES string of the molecule is COc1nc(/C=C/c2nc3n(n2)CCC[C@@H]3c2cccc3ccccc23)ccc1-n1cnc(C)c1.COc1nc(/C=C/c2nc3n(n2)CCC[C@H]3c2cccc3ccccc23)ccc1-n1cnc(C)c1. The molecule has 2 aliphatic rings. The van der Waals surface area contributed by atoms with Gasteiger partial charge in [0.15, 0.2) is 11.6 Å². The van der Waals surface area contributed by atoms with Crippen molar-refractivity contribution in [3.8, 4) is 23.1 Å². The largest absolute Gasteiger partial charge is 0.479 e. The minimum Gasteiger partial charge on any atom is -0.479 e. The van der Waals surface area contributed by atoms with Crippen molar-refractivity contribution in [3.05, 3.63) is 191 Å². The maximum absolute atomic E-state index is 5.54. The summed E-state index contributed by atoms with van der Waals surface area (Å²) in [5.41, 5.74) is 7.77. The van der Waals surface area contributed by atoms with Crippen LogP contribution in [0.3, 0.4) is 0 Å². The smallest absolute Gasteiger partial charge is 0.238 e. The van der Waals surface area contributed by atoms with E-state index >= 15 is 0 Å². The molecule has 70 heavy (non-hydrogen) atoms. The minimum absolute atomic E-state index is 0.237. The molecule has 2 aliphatic heterocycles. The van der Waals surface area contributed by atoms with Gasteiger partial charge in [0, 0.05) is 37.3 Å². The highest BCUT2D eigenvalue weighted by Gasteiger charge is 2.28. The molecule has 0 saturated heterocycles. The second-order valence-electron chi connectivity index (χ2n) is 17.7. The Bertz CT molecular complexity index is 3320. The van der Waals surface area contributed by atoms with Crippen LogP contribution in [-0.4, -0.2) is 72.8 Å². The monoisotopic (exact) mass is 924 g/mol. The highest BCUT2D eigenvalue weighted by atomic mass is 16.5. The second-order valence-corrected chi connectivity index (χ2v) is 17.7. The van der Waals surface area contributed by atoms with E-state index in [0.29, 0.717) is 23.4 Å². The van der Waals surface area contributed by atoms with E-state index in [4.69, 9.17) is 29.6 Å². The van der Waals surface area contributed by atoms with Gasteiger partial charge in [-0.3, -0.25) is 0 Å². The lowest BCUT2D eigenvalue weighted by Gasteiger charge is -2.23. The summed E-state index contributed by atoms with van der Waals surface area (Å²) in [4.78, 5) is 27.8. The van der Waals surface area contributed by atoms with Gasteiger partial charge in [0.1, 0.15) is 23.0 Å². The number of imidazole rings is 2. The van der Waals surface area contributed by atoms with E-state index in [9.17, 15) is 0 Å². The normalized spacial score (nSPS) is 15.5. The predicted molar refractivity (Wildman–Crippen MR) is 273 cm³/mol. The van der Waals surface area contributed by atoms with Crippen molar-refractivity contribution in [3.63, 3.8) is 0 Å². The molecule has 0 amide bonds. The quantitative estimate of drug-likeness (QED) is 0.130. The van der Waals surface area contributed by atoms with E-state index in [1.165, 1.54) is 32.7 Å². The summed E-state index contributed by atoms with van der Waals surface area (Å²) in [7, 11) is 3.25. The van der Waals surface area contributed by atoms with E-state index in [1.807, 2.05) is 83.9 Å². The molecular weight excluding hydrogens is 873 g/mol. The second kappa shape index (κ2) is 19.2. The zero-order valence-electron chi connectivity index (χ0n) is 39.6. The van der Waals surface area contributed by atoms with Crippen molar-refractivity contribution in [2.75, 3.05) is 14.2 Å². The average molecular weight is 925 g/mol. The first-order valence-corrected chi connectivity index (χ1v) is 23.7. The Morgan fingerprint density at radius 1 is 0.500 bits per heavy atom. The number of nitrogens with zero attached hydrogens (tertiary/aromatic N) is 12. The highest BCUT2D eigenvalue weighted by molar-refractivity contribution is 5.87. The topological polar surface area (TPSA) is 141 Å². The fraction of sp³-hybridized carbons (Fsp3) is 0.214. The number of aryl methyl sites for hydroxylation is 4. The van der Waals surface area contributed by atoms with Gasteiger partial charge in [0.25, 0.3) is 0 Å². The van der Waals surface area contributed by atoms with E-state index in [0.717, 1.165) is 84.6 Å². The molecule has 14 heteroatoms. The molecule has 0 spiro atoms.